The zero-order chi connectivity index (χ0) is 66.3. The van der Waals surface area contributed by atoms with E-state index in [1.807, 2.05) is 119 Å². The van der Waals surface area contributed by atoms with Crippen LogP contribution in [0.1, 0.15) is 110 Å². The lowest BCUT2D eigenvalue weighted by Crippen LogP contribution is -2.63. The van der Waals surface area contributed by atoms with Crippen LogP contribution in [0.25, 0.3) is 11.2 Å². The van der Waals surface area contributed by atoms with Crippen molar-refractivity contribution in [2.24, 2.45) is 0 Å². The van der Waals surface area contributed by atoms with Gasteiger partial charge in [0.05, 0.1) is 40.4 Å². The topological polar surface area (TPSA) is 301 Å². The lowest BCUT2D eigenvalue weighted by Gasteiger charge is -2.44. The van der Waals surface area contributed by atoms with Crippen LogP contribution in [0.4, 0.5) is 5.95 Å². The minimum absolute atomic E-state index is 0.00226. The number of ether oxygens (including phenoxy) is 11. The number of hydrogen-bond acceptors (Lipinski definition) is 22. The Bertz CT molecular complexity index is 3490. The highest BCUT2D eigenvalue weighted by Gasteiger charge is 2.53. The van der Waals surface area contributed by atoms with E-state index in [0.29, 0.717) is 28.4 Å². The number of nitrogens with one attached hydrogen (secondary N) is 2. The predicted octanol–water partition coefficient (Wildman–Crippen LogP) is 8.52. The summed E-state index contributed by atoms with van der Waals surface area (Å²) in [5.41, 5.74) is 1.24. The van der Waals surface area contributed by atoms with E-state index in [9.17, 15) is 28.8 Å². The van der Waals surface area contributed by atoms with Gasteiger partial charge in [0, 0.05) is 46.2 Å². The summed E-state index contributed by atoms with van der Waals surface area (Å²) in [5, 5.41) is 2.63. The summed E-state index contributed by atoms with van der Waals surface area (Å²) < 4.78 is 98.2. The second-order valence-electron chi connectivity index (χ2n) is 22.5. The Hall–Kier alpha value is -8.07. The molecule has 2 N–H and O–H groups in total. The van der Waals surface area contributed by atoms with E-state index in [1.54, 1.807) is 31.0 Å². The van der Waals surface area contributed by atoms with Gasteiger partial charge < -0.3 is 52.1 Å². The molecule has 0 radical (unpaired) electrons. The standard InChI is InChI=1S/C65H81N6O20P/c1-12-17-45-20-26-51(27-21-45)83-37-55(76)67-64-68-61-57(62(77)69-64)66-38-70(61)56-34-52(53(89-56)36-84-65(46-18-14-13-15-19-46,47-22-28-49(79-10)29-23-47)48-24-30-50(80-11)31-25-48)91-92(78,71(39(2)3)40(4)5)85-33-16-32-81-63-60(88-44(9)75)59(87-43(8)74)58(86-42(7)73)54(90-63)35-82-41(6)72/h13-15,18-31,38-40,52-54,56,58-60,63H,12,16-17,32-37H2,1-11H3,(H2,67,68,69,76,77)/t52-,53+,54+,56+,58+,59-,60+,63+,92?/m0/s1. The molecular weight excluding hydrogens is 1220 g/mol. The normalized spacial score (nSPS) is 20.5. The third-order valence-corrected chi connectivity index (χ3v) is 17.6. The molecular formula is C65H81N6O20P. The van der Waals surface area contributed by atoms with Crippen molar-refractivity contribution in [1.82, 2.24) is 24.2 Å². The van der Waals surface area contributed by atoms with Crippen LogP contribution in [0.2, 0.25) is 0 Å². The summed E-state index contributed by atoms with van der Waals surface area (Å²) in [6, 6.07) is 31.1. The van der Waals surface area contributed by atoms with Gasteiger partial charge in [0.1, 0.15) is 54.0 Å². The molecule has 26 nitrogen and oxygen atoms in total. The number of carbonyl (C=O) groups is 5. The Morgan fingerprint density at radius 1 is 0.728 bits per heavy atom. The van der Waals surface area contributed by atoms with Gasteiger partial charge in [0.2, 0.25) is 5.95 Å². The van der Waals surface area contributed by atoms with Crippen LogP contribution in [0.5, 0.6) is 17.2 Å². The van der Waals surface area contributed by atoms with E-state index in [0.717, 1.165) is 51.7 Å². The second kappa shape index (κ2) is 32.0. The number of imidazole rings is 1. The van der Waals surface area contributed by atoms with Crippen LogP contribution in [0, 0.1) is 0 Å². The number of rotatable bonds is 31. The van der Waals surface area contributed by atoms with Crippen LogP contribution >= 0.6 is 7.75 Å². The third kappa shape index (κ3) is 17.3. The maximum absolute atomic E-state index is 16.1. The fourth-order valence-corrected chi connectivity index (χ4v) is 13.6. The number of amides is 1. The molecule has 1 unspecified atom stereocenters. The summed E-state index contributed by atoms with van der Waals surface area (Å²) in [7, 11) is -1.33. The summed E-state index contributed by atoms with van der Waals surface area (Å²) in [5.74, 6) is -2.20. The molecule has 6 aromatic rings. The number of aromatic amines is 1. The highest BCUT2D eigenvalue weighted by molar-refractivity contribution is 7.51. The van der Waals surface area contributed by atoms with Gasteiger partial charge in [-0.05, 0) is 99.2 Å². The average Bonchev–Trinajstić information content (AvgIpc) is 0.840. The van der Waals surface area contributed by atoms with Gasteiger partial charge >= 0.3 is 31.6 Å². The van der Waals surface area contributed by atoms with Gasteiger partial charge in [-0.25, -0.2) is 14.2 Å². The lowest BCUT2D eigenvalue weighted by atomic mass is 9.80. The second-order valence-corrected chi connectivity index (χ2v) is 24.3. The van der Waals surface area contributed by atoms with Gasteiger partial charge in [-0.3, -0.25) is 52.7 Å². The lowest BCUT2D eigenvalue weighted by molar-refractivity contribution is -0.308. The number of benzene rings is 4. The zero-order valence-electron chi connectivity index (χ0n) is 53.4. The van der Waals surface area contributed by atoms with E-state index in [2.05, 4.69) is 27.2 Å². The largest absolute Gasteiger partial charge is 0.497 e. The average molecular weight is 1300 g/mol. The molecule has 0 spiro atoms. The molecule has 2 fully saturated rings. The molecule has 2 saturated heterocycles. The van der Waals surface area contributed by atoms with Crippen molar-refractivity contribution in [3.05, 3.63) is 142 Å². The molecule has 0 aliphatic carbocycles. The molecule has 0 bridgehead atoms. The summed E-state index contributed by atoms with van der Waals surface area (Å²) >= 11 is 0. The molecule has 9 atom stereocenters. The van der Waals surface area contributed by atoms with Crippen molar-refractivity contribution < 1.29 is 89.7 Å². The zero-order valence-corrected chi connectivity index (χ0v) is 54.3. The molecule has 8 rings (SSSR count). The summed E-state index contributed by atoms with van der Waals surface area (Å²) in [6.07, 6.45) is -7.12. The van der Waals surface area contributed by atoms with E-state index in [4.69, 9.17) is 61.2 Å². The van der Waals surface area contributed by atoms with Crippen molar-refractivity contribution in [3.8, 4) is 17.2 Å². The van der Waals surface area contributed by atoms with Gasteiger partial charge in [-0.2, -0.15) is 4.98 Å². The third-order valence-electron chi connectivity index (χ3n) is 15.0. The minimum Gasteiger partial charge on any atom is -0.497 e. The number of aromatic nitrogens is 4. The van der Waals surface area contributed by atoms with Crippen molar-refractivity contribution in [1.29, 1.82) is 0 Å². The first-order valence-corrected chi connectivity index (χ1v) is 31.8. The van der Waals surface area contributed by atoms with Gasteiger partial charge in [0.25, 0.3) is 11.5 Å². The maximum Gasteiger partial charge on any atom is 0.409 e. The van der Waals surface area contributed by atoms with Crippen molar-refractivity contribution in [2.75, 3.05) is 52.6 Å². The monoisotopic (exact) mass is 1300 g/mol. The SMILES string of the molecule is CCCc1ccc(OCC(=O)Nc2nc3c(ncn3[C@H]3C[C@H](OP(=O)(OCCCO[C@@H]4O[C@H](COC(C)=O)[C@@H](OC(C)=O)[C@H](OC(C)=O)[C@H]4OC(C)=O)N(C(C)C)C(C)C)[C@@H](COC(c4ccccc4)(c4ccc(OC)cc4)c4ccc(OC)cc4)O3)c(=O)[nH]2)cc1. The Morgan fingerprint density at radius 3 is 1.89 bits per heavy atom. The van der Waals surface area contributed by atoms with Crippen molar-refractivity contribution in [3.63, 3.8) is 0 Å². The van der Waals surface area contributed by atoms with Crippen LogP contribution in [-0.2, 0) is 87.5 Å². The number of carbonyl (C=O) groups excluding carboxylic acids is 5. The first-order valence-electron chi connectivity index (χ1n) is 30.3. The van der Waals surface area contributed by atoms with Crippen LogP contribution in [-0.4, -0.2) is 156 Å². The molecule has 2 aliphatic heterocycles. The Labute approximate surface area is 533 Å². The van der Waals surface area contributed by atoms with Gasteiger partial charge in [-0.15, -0.1) is 0 Å². The quantitative estimate of drug-likeness (QED) is 0.0135. The fraction of sp³-hybridized carbons (Fsp3) is 0.477. The number of aryl methyl sites for hydroxylation is 1. The van der Waals surface area contributed by atoms with Crippen molar-refractivity contribution in [2.45, 2.75) is 155 Å². The number of anilines is 1. The fourth-order valence-electron chi connectivity index (χ4n) is 11.2. The van der Waals surface area contributed by atoms with Crippen LogP contribution in [0.3, 0.4) is 0 Å². The van der Waals surface area contributed by atoms with Gasteiger partial charge in [0.15, 0.2) is 42.4 Å². The minimum atomic E-state index is -4.48. The molecule has 1 amide bonds. The highest BCUT2D eigenvalue weighted by Crippen LogP contribution is 2.58. The molecule has 2 aliphatic rings. The number of esters is 4. The van der Waals surface area contributed by atoms with E-state index in [-0.39, 0.29) is 56.4 Å². The van der Waals surface area contributed by atoms with E-state index < -0.39 is 117 Å². The highest BCUT2D eigenvalue weighted by atomic mass is 31.2. The smallest absolute Gasteiger partial charge is 0.409 e. The van der Waals surface area contributed by atoms with E-state index in [1.165, 1.54) is 10.9 Å². The Morgan fingerprint density at radius 2 is 1.32 bits per heavy atom. The molecule has 27 heteroatoms. The molecule has 4 heterocycles. The maximum atomic E-state index is 16.1. The molecule has 4 aromatic carbocycles. The van der Waals surface area contributed by atoms with Crippen LogP contribution in [0.15, 0.2) is 114 Å². The first kappa shape index (κ1) is 69.8. The Balaban J connectivity index is 1.13. The molecule has 0 saturated carbocycles. The van der Waals surface area contributed by atoms with Crippen molar-refractivity contribution >= 4 is 54.6 Å². The molecule has 92 heavy (non-hydrogen) atoms. The molecule has 496 valence electrons. The van der Waals surface area contributed by atoms with Gasteiger partial charge in [-0.1, -0.05) is 80.1 Å². The Kier molecular flexibility index (Phi) is 24.3. The number of fused-ring (bicyclic) bond motifs is 1. The van der Waals surface area contributed by atoms with E-state index >= 15 is 4.57 Å². The number of H-pyrrole nitrogens is 1. The first-order chi connectivity index (χ1) is 44.0. The summed E-state index contributed by atoms with van der Waals surface area (Å²) in [4.78, 5) is 88.2. The number of nitrogens with zero attached hydrogens (tertiary/aromatic N) is 4. The summed E-state index contributed by atoms with van der Waals surface area (Å²) in [6.45, 7) is 12.4. The number of methoxy groups -OCH3 is 2. The van der Waals surface area contributed by atoms with Crippen LogP contribution < -0.4 is 25.1 Å². The predicted molar refractivity (Wildman–Crippen MR) is 333 cm³/mol. The molecule has 2 aromatic heterocycles. The number of hydrogen-bond donors (Lipinski definition) is 2.